The number of nitrogen functional groups attached to an aromatic ring is 1. The van der Waals surface area contributed by atoms with Crippen molar-refractivity contribution in [1.29, 1.82) is 0 Å². The van der Waals surface area contributed by atoms with Crippen LogP contribution in [-0.2, 0) is 4.79 Å². The van der Waals surface area contributed by atoms with Crippen LogP contribution < -0.4 is 11.1 Å². The van der Waals surface area contributed by atoms with Gasteiger partial charge in [-0.1, -0.05) is 6.07 Å². The summed E-state index contributed by atoms with van der Waals surface area (Å²) in [5.74, 6) is 0.0106. The molecular weight excluding hydrogens is 242 g/mol. The van der Waals surface area contributed by atoms with Gasteiger partial charge in [0, 0.05) is 36.8 Å². The molecule has 0 radical (unpaired) electrons. The largest absolute Gasteiger partial charge is 0.399 e. The van der Waals surface area contributed by atoms with Gasteiger partial charge in [-0.25, -0.2) is 0 Å². The van der Waals surface area contributed by atoms with Crippen LogP contribution in [0.25, 0.3) is 0 Å². The predicted octanol–water partition coefficient (Wildman–Crippen LogP) is 1.01. The second kappa shape index (κ2) is 5.73. The van der Waals surface area contributed by atoms with Gasteiger partial charge in [0.25, 0.3) is 5.91 Å². The maximum absolute atomic E-state index is 12.0. The van der Waals surface area contributed by atoms with E-state index in [9.17, 15) is 9.59 Å². The summed E-state index contributed by atoms with van der Waals surface area (Å²) in [6, 6.07) is 6.78. The van der Waals surface area contributed by atoms with Crippen molar-refractivity contribution >= 4 is 17.5 Å². The minimum absolute atomic E-state index is 0.0732. The Balaban J connectivity index is 1.89. The van der Waals surface area contributed by atoms with Gasteiger partial charge < -0.3 is 16.0 Å². The first kappa shape index (κ1) is 13.4. The highest BCUT2D eigenvalue weighted by atomic mass is 16.2. The minimum Gasteiger partial charge on any atom is -0.399 e. The molecule has 5 heteroatoms. The summed E-state index contributed by atoms with van der Waals surface area (Å²) in [6.07, 6.45) is 1.53. The highest BCUT2D eigenvalue weighted by Crippen LogP contribution is 2.10. The van der Waals surface area contributed by atoms with Gasteiger partial charge in [-0.15, -0.1) is 0 Å². The van der Waals surface area contributed by atoms with Crippen LogP contribution >= 0.6 is 0 Å². The van der Waals surface area contributed by atoms with Crippen LogP contribution in [0.3, 0.4) is 0 Å². The number of carbonyl (C=O) groups is 2. The van der Waals surface area contributed by atoms with E-state index in [2.05, 4.69) is 5.32 Å². The van der Waals surface area contributed by atoms with Gasteiger partial charge in [-0.2, -0.15) is 0 Å². The van der Waals surface area contributed by atoms with E-state index >= 15 is 0 Å². The average Bonchev–Trinajstić information content (AvgIpc) is 2.75. The quantitative estimate of drug-likeness (QED) is 0.794. The summed E-state index contributed by atoms with van der Waals surface area (Å²) in [5.41, 5.74) is 6.75. The molecule has 19 heavy (non-hydrogen) atoms. The van der Waals surface area contributed by atoms with E-state index in [4.69, 9.17) is 5.73 Å². The Morgan fingerprint density at radius 2 is 2.32 bits per heavy atom. The number of benzene rings is 1. The summed E-state index contributed by atoms with van der Waals surface area (Å²) >= 11 is 0. The number of anilines is 1. The molecule has 2 rings (SSSR count). The fraction of sp³-hybridized carbons (Fsp3) is 0.429. The highest BCUT2D eigenvalue weighted by Gasteiger charge is 2.22. The van der Waals surface area contributed by atoms with Crippen LogP contribution in [0, 0.1) is 0 Å². The average molecular weight is 261 g/mol. The summed E-state index contributed by atoms with van der Waals surface area (Å²) < 4.78 is 0. The second-order valence-electron chi connectivity index (χ2n) is 4.94. The topological polar surface area (TPSA) is 75.4 Å². The zero-order chi connectivity index (χ0) is 13.8. The summed E-state index contributed by atoms with van der Waals surface area (Å²) in [7, 11) is 0. The molecule has 0 aromatic heterocycles. The molecule has 1 aromatic rings. The number of nitrogens with two attached hydrogens (primary N) is 1. The molecule has 3 N–H and O–H groups in total. The first-order valence-electron chi connectivity index (χ1n) is 6.50. The molecule has 1 saturated heterocycles. The van der Waals surface area contributed by atoms with E-state index in [0.29, 0.717) is 24.2 Å². The smallest absolute Gasteiger partial charge is 0.251 e. The van der Waals surface area contributed by atoms with Crippen molar-refractivity contribution in [2.45, 2.75) is 25.8 Å². The molecule has 1 aliphatic rings. The SMILES string of the molecule is CC(CN1CCCC1=O)NC(=O)c1cccc(N)c1. The van der Waals surface area contributed by atoms with Crippen LogP contribution in [0.1, 0.15) is 30.1 Å². The molecule has 1 aromatic carbocycles. The maximum atomic E-state index is 12.0. The lowest BCUT2D eigenvalue weighted by Gasteiger charge is -2.21. The summed E-state index contributed by atoms with van der Waals surface area (Å²) in [4.78, 5) is 25.3. The molecule has 5 nitrogen and oxygen atoms in total. The fourth-order valence-corrected chi connectivity index (χ4v) is 2.26. The van der Waals surface area contributed by atoms with Gasteiger partial charge in [0.1, 0.15) is 0 Å². The number of rotatable bonds is 4. The van der Waals surface area contributed by atoms with Crippen LogP contribution in [0.15, 0.2) is 24.3 Å². The van der Waals surface area contributed by atoms with E-state index in [1.54, 1.807) is 29.2 Å². The molecule has 0 bridgehead atoms. The van der Waals surface area contributed by atoms with Gasteiger partial charge in [-0.05, 0) is 31.5 Å². The molecule has 1 aliphatic heterocycles. The number of likely N-dealkylation sites (tertiary alicyclic amines) is 1. The van der Waals surface area contributed by atoms with Crippen LogP contribution in [0.2, 0.25) is 0 Å². The van der Waals surface area contributed by atoms with E-state index in [0.717, 1.165) is 13.0 Å². The molecule has 102 valence electrons. The lowest BCUT2D eigenvalue weighted by atomic mass is 10.2. The van der Waals surface area contributed by atoms with Gasteiger partial charge in [0.2, 0.25) is 5.91 Å². The lowest BCUT2D eigenvalue weighted by molar-refractivity contribution is -0.127. The first-order chi connectivity index (χ1) is 9.06. The summed E-state index contributed by atoms with van der Waals surface area (Å²) in [5, 5.41) is 2.88. The molecule has 2 amide bonds. The third-order valence-corrected chi connectivity index (χ3v) is 3.19. The molecule has 0 saturated carbocycles. The van der Waals surface area contributed by atoms with Crippen molar-refractivity contribution in [2.24, 2.45) is 0 Å². The molecule has 0 aliphatic carbocycles. The van der Waals surface area contributed by atoms with Crippen molar-refractivity contribution in [1.82, 2.24) is 10.2 Å². The molecule has 1 fully saturated rings. The van der Waals surface area contributed by atoms with Gasteiger partial charge in [0.05, 0.1) is 0 Å². The highest BCUT2D eigenvalue weighted by molar-refractivity contribution is 5.95. The van der Waals surface area contributed by atoms with E-state index in [-0.39, 0.29) is 17.9 Å². The fourth-order valence-electron chi connectivity index (χ4n) is 2.26. The molecule has 1 atom stereocenters. The Kier molecular flexibility index (Phi) is 4.04. The molecule has 1 unspecified atom stereocenters. The number of nitrogens with zero attached hydrogens (tertiary/aromatic N) is 1. The molecular formula is C14H19N3O2. The Morgan fingerprint density at radius 3 is 2.95 bits per heavy atom. The lowest BCUT2D eigenvalue weighted by Crippen LogP contribution is -2.42. The van der Waals surface area contributed by atoms with Crippen LogP contribution in [0.4, 0.5) is 5.69 Å². The zero-order valence-electron chi connectivity index (χ0n) is 11.1. The third kappa shape index (κ3) is 3.47. The van der Waals surface area contributed by atoms with Gasteiger partial charge in [0.15, 0.2) is 0 Å². The summed E-state index contributed by atoms with van der Waals surface area (Å²) in [6.45, 7) is 3.25. The Hall–Kier alpha value is -2.04. The van der Waals surface area contributed by atoms with Crippen molar-refractivity contribution in [3.8, 4) is 0 Å². The van der Waals surface area contributed by atoms with Crippen molar-refractivity contribution in [2.75, 3.05) is 18.8 Å². The number of carbonyl (C=O) groups excluding carboxylic acids is 2. The number of hydrogen-bond acceptors (Lipinski definition) is 3. The molecule has 1 heterocycles. The van der Waals surface area contributed by atoms with Gasteiger partial charge >= 0.3 is 0 Å². The Bertz CT molecular complexity index is 487. The van der Waals surface area contributed by atoms with Crippen LogP contribution in [0.5, 0.6) is 0 Å². The van der Waals surface area contributed by atoms with Crippen molar-refractivity contribution < 1.29 is 9.59 Å². The first-order valence-corrected chi connectivity index (χ1v) is 6.50. The predicted molar refractivity (Wildman–Crippen MR) is 73.6 cm³/mol. The number of hydrogen-bond donors (Lipinski definition) is 2. The third-order valence-electron chi connectivity index (χ3n) is 3.19. The Morgan fingerprint density at radius 1 is 1.53 bits per heavy atom. The monoisotopic (exact) mass is 261 g/mol. The number of nitrogens with one attached hydrogen (secondary N) is 1. The van der Waals surface area contributed by atoms with Gasteiger partial charge in [-0.3, -0.25) is 9.59 Å². The molecule has 0 spiro atoms. The van der Waals surface area contributed by atoms with Crippen LogP contribution in [-0.4, -0.2) is 35.8 Å². The Labute approximate surface area is 112 Å². The van der Waals surface area contributed by atoms with E-state index in [1.165, 1.54) is 0 Å². The standard InChI is InChI=1S/C14H19N3O2/c1-10(9-17-7-3-6-13(17)18)16-14(19)11-4-2-5-12(15)8-11/h2,4-5,8,10H,3,6-7,9,15H2,1H3,(H,16,19). The maximum Gasteiger partial charge on any atom is 0.251 e. The van der Waals surface area contributed by atoms with E-state index < -0.39 is 0 Å². The van der Waals surface area contributed by atoms with E-state index in [1.807, 2.05) is 6.92 Å². The van der Waals surface area contributed by atoms with Crippen molar-refractivity contribution in [3.05, 3.63) is 29.8 Å². The van der Waals surface area contributed by atoms with Crippen molar-refractivity contribution in [3.63, 3.8) is 0 Å². The zero-order valence-corrected chi connectivity index (χ0v) is 11.1. The second-order valence-corrected chi connectivity index (χ2v) is 4.94. The normalized spacial score (nSPS) is 16.5. The minimum atomic E-state index is -0.161. The number of amides is 2.